The van der Waals surface area contributed by atoms with E-state index in [1.165, 1.54) is 12.1 Å². The molecule has 38 heavy (non-hydrogen) atoms. The fraction of sp³-hybridized carbons (Fsp3) is 0.517. The minimum Gasteiger partial charge on any atom is -0.497 e. The molecular formula is C29H35F3N2O4. The molecule has 206 valence electrons. The van der Waals surface area contributed by atoms with Crippen molar-refractivity contribution in [3.63, 3.8) is 0 Å². The monoisotopic (exact) mass is 532 g/mol. The van der Waals surface area contributed by atoms with Gasteiger partial charge in [0.05, 0.1) is 12.6 Å². The molecule has 2 aromatic rings. The van der Waals surface area contributed by atoms with Crippen LogP contribution in [0.2, 0.25) is 0 Å². The van der Waals surface area contributed by atoms with E-state index in [2.05, 4.69) is 15.0 Å². The minimum atomic E-state index is -4.72. The maximum Gasteiger partial charge on any atom is 0.573 e. The first-order valence-corrected chi connectivity index (χ1v) is 13.2. The Kier molecular flexibility index (Phi) is 8.97. The molecule has 2 fully saturated rings. The van der Waals surface area contributed by atoms with Crippen LogP contribution in [-0.4, -0.2) is 55.2 Å². The van der Waals surface area contributed by atoms with Crippen LogP contribution in [0.1, 0.15) is 73.2 Å². The van der Waals surface area contributed by atoms with Gasteiger partial charge in [-0.05, 0) is 87.2 Å². The van der Waals surface area contributed by atoms with Crippen molar-refractivity contribution in [2.45, 2.75) is 69.2 Å². The first-order chi connectivity index (χ1) is 18.2. The number of carbonyl (C=O) groups is 2. The van der Waals surface area contributed by atoms with Gasteiger partial charge >= 0.3 is 6.36 Å². The Balaban J connectivity index is 1.25. The molecule has 1 aliphatic heterocycles. The topological polar surface area (TPSA) is 67.9 Å². The summed E-state index contributed by atoms with van der Waals surface area (Å²) < 4.78 is 46.6. The van der Waals surface area contributed by atoms with Crippen molar-refractivity contribution in [3.05, 3.63) is 59.7 Å². The van der Waals surface area contributed by atoms with Crippen molar-refractivity contribution < 1.29 is 32.2 Å². The van der Waals surface area contributed by atoms with Crippen LogP contribution in [0.4, 0.5) is 13.2 Å². The van der Waals surface area contributed by atoms with Crippen molar-refractivity contribution in [1.29, 1.82) is 0 Å². The Hall–Kier alpha value is -3.07. The van der Waals surface area contributed by atoms with Crippen LogP contribution in [0, 0.1) is 0 Å². The van der Waals surface area contributed by atoms with Crippen LogP contribution in [-0.2, 0) is 4.79 Å². The number of alkyl halides is 3. The van der Waals surface area contributed by atoms with Crippen LogP contribution >= 0.6 is 0 Å². The Labute approximate surface area is 221 Å². The van der Waals surface area contributed by atoms with Crippen molar-refractivity contribution in [1.82, 2.24) is 10.2 Å². The van der Waals surface area contributed by atoms with E-state index in [0.717, 1.165) is 50.9 Å². The average Bonchev–Trinajstić information content (AvgIpc) is 3.31. The standard InChI is InChI=1S/C29H35F3N2O4/c1-37-23-13-11-22(12-14-23)26(35)7-3-2-4-8-27(36)33-28(20-34-17-5-6-18-34)19-25(28)21-9-15-24(16-10-21)38-29(30,31)32/h9-16,25H,2-8,17-20H2,1H3,(H,33,36)/t25?,28-/m1/s1. The molecule has 1 aliphatic carbocycles. The second-order valence-corrected chi connectivity index (χ2v) is 10.3. The third kappa shape index (κ3) is 7.72. The molecule has 0 bridgehead atoms. The lowest BCUT2D eigenvalue weighted by atomic mass is 10.0. The van der Waals surface area contributed by atoms with Gasteiger partial charge in [-0.15, -0.1) is 13.2 Å². The van der Waals surface area contributed by atoms with Gasteiger partial charge in [0.25, 0.3) is 0 Å². The zero-order chi connectivity index (χ0) is 27.2. The Morgan fingerprint density at radius 2 is 1.58 bits per heavy atom. The van der Waals surface area contributed by atoms with Gasteiger partial charge in [0.15, 0.2) is 5.78 Å². The van der Waals surface area contributed by atoms with Gasteiger partial charge in [-0.2, -0.15) is 0 Å². The lowest BCUT2D eigenvalue weighted by molar-refractivity contribution is -0.274. The highest BCUT2D eigenvalue weighted by molar-refractivity contribution is 5.96. The van der Waals surface area contributed by atoms with Crippen molar-refractivity contribution in [3.8, 4) is 11.5 Å². The quantitative estimate of drug-likeness (QED) is 0.258. The summed E-state index contributed by atoms with van der Waals surface area (Å²) in [5.41, 5.74) is 1.15. The van der Waals surface area contributed by atoms with E-state index in [9.17, 15) is 22.8 Å². The Morgan fingerprint density at radius 1 is 0.947 bits per heavy atom. The number of benzene rings is 2. The molecular weight excluding hydrogens is 497 g/mol. The lowest BCUT2D eigenvalue weighted by Gasteiger charge is -2.26. The molecule has 1 unspecified atom stereocenters. The van der Waals surface area contributed by atoms with Crippen molar-refractivity contribution >= 4 is 11.7 Å². The normalized spacial score (nSPS) is 21.2. The zero-order valence-electron chi connectivity index (χ0n) is 21.7. The summed E-state index contributed by atoms with van der Waals surface area (Å²) in [4.78, 5) is 27.6. The number of Topliss-reactive ketones (excluding diaryl/α,β-unsaturated/α-hetero) is 1. The number of nitrogens with zero attached hydrogens (tertiary/aromatic N) is 1. The van der Waals surface area contributed by atoms with Gasteiger partial charge < -0.3 is 19.7 Å². The van der Waals surface area contributed by atoms with E-state index in [0.29, 0.717) is 37.0 Å². The van der Waals surface area contributed by atoms with Crippen LogP contribution in [0.25, 0.3) is 0 Å². The summed E-state index contributed by atoms with van der Waals surface area (Å²) in [6, 6.07) is 13.0. The molecule has 1 heterocycles. The number of rotatable bonds is 13. The summed E-state index contributed by atoms with van der Waals surface area (Å²) in [7, 11) is 1.58. The number of methoxy groups -OCH3 is 1. The number of ketones is 1. The number of carbonyl (C=O) groups excluding carboxylic acids is 2. The summed E-state index contributed by atoms with van der Waals surface area (Å²) in [5.74, 6) is 0.565. The second kappa shape index (κ2) is 12.2. The summed E-state index contributed by atoms with van der Waals surface area (Å²) >= 11 is 0. The third-order valence-corrected chi connectivity index (χ3v) is 7.40. The number of likely N-dealkylation sites (tertiary alicyclic amines) is 1. The summed E-state index contributed by atoms with van der Waals surface area (Å²) in [6.07, 6.45) is 1.29. The Bertz CT molecular complexity index is 1080. The van der Waals surface area contributed by atoms with Crippen LogP contribution < -0.4 is 14.8 Å². The van der Waals surface area contributed by atoms with Gasteiger partial charge in [-0.1, -0.05) is 18.6 Å². The summed E-state index contributed by atoms with van der Waals surface area (Å²) in [6.45, 7) is 2.72. The first kappa shape index (κ1) is 28.0. The molecule has 2 aromatic carbocycles. The largest absolute Gasteiger partial charge is 0.573 e. The highest BCUT2D eigenvalue weighted by atomic mass is 19.4. The predicted octanol–water partition coefficient (Wildman–Crippen LogP) is 5.87. The summed E-state index contributed by atoms with van der Waals surface area (Å²) in [5, 5.41) is 3.26. The SMILES string of the molecule is COc1ccc(C(=O)CCCCCC(=O)N[C@@]2(CN3CCCC3)CC2c2ccc(OC(F)(F)F)cc2)cc1. The molecule has 6 nitrogen and oxygen atoms in total. The highest BCUT2D eigenvalue weighted by Crippen LogP contribution is 2.52. The molecule has 2 aliphatic rings. The number of unbranched alkanes of at least 4 members (excludes halogenated alkanes) is 2. The molecule has 9 heteroatoms. The van der Waals surface area contributed by atoms with Gasteiger partial charge in [-0.25, -0.2) is 0 Å². The molecule has 1 N–H and O–H groups in total. The lowest BCUT2D eigenvalue weighted by Crippen LogP contribution is -2.46. The number of hydrogen-bond donors (Lipinski definition) is 1. The van der Waals surface area contributed by atoms with Crippen LogP contribution in [0.3, 0.4) is 0 Å². The number of ether oxygens (including phenoxy) is 2. The van der Waals surface area contributed by atoms with Gasteiger partial charge in [0, 0.05) is 30.9 Å². The fourth-order valence-corrected chi connectivity index (χ4v) is 5.35. The van der Waals surface area contributed by atoms with Crippen LogP contribution in [0.5, 0.6) is 11.5 Å². The van der Waals surface area contributed by atoms with E-state index in [1.807, 2.05) is 0 Å². The van der Waals surface area contributed by atoms with E-state index in [4.69, 9.17) is 4.74 Å². The van der Waals surface area contributed by atoms with E-state index in [-0.39, 0.29) is 23.4 Å². The van der Waals surface area contributed by atoms with Crippen LogP contribution in [0.15, 0.2) is 48.5 Å². The molecule has 4 rings (SSSR count). The second-order valence-electron chi connectivity index (χ2n) is 10.3. The fourth-order valence-electron chi connectivity index (χ4n) is 5.35. The zero-order valence-corrected chi connectivity index (χ0v) is 21.7. The molecule has 1 saturated heterocycles. The minimum absolute atomic E-state index is 0.0230. The number of hydrogen-bond acceptors (Lipinski definition) is 5. The maximum atomic E-state index is 12.9. The maximum absolute atomic E-state index is 12.9. The number of nitrogens with one attached hydrogen (secondary N) is 1. The van der Waals surface area contributed by atoms with E-state index < -0.39 is 11.9 Å². The molecule has 1 amide bonds. The van der Waals surface area contributed by atoms with E-state index >= 15 is 0 Å². The smallest absolute Gasteiger partial charge is 0.497 e. The molecule has 1 saturated carbocycles. The average molecular weight is 533 g/mol. The molecule has 0 radical (unpaired) electrons. The Morgan fingerprint density at radius 3 is 2.21 bits per heavy atom. The molecule has 0 spiro atoms. The highest BCUT2D eigenvalue weighted by Gasteiger charge is 2.56. The van der Waals surface area contributed by atoms with Gasteiger partial charge in [0.2, 0.25) is 5.91 Å². The predicted molar refractivity (Wildman–Crippen MR) is 137 cm³/mol. The van der Waals surface area contributed by atoms with E-state index in [1.54, 1.807) is 43.5 Å². The van der Waals surface area contributed by atoms with Gasteiger partial charge in [-0.3, -0.25) is 9.59 Å². The number of halogens is 3. The van der Waals surface area contributed by atoms with Crippen molar-refractivity contribution in [2.75, 3.05) is 26.7 Å². The molecule has 2 atom stereocenters. The molecule has 0 aromatic heterocycles. The number of amides is 1. The third-order valence-electron chi connectivity index (χ3n) is 7.40. The first-order valence-electron chi connectivity index (χ1n) is 13.2. The van der Waals surface area contributed by atoms with Gasteiger partial charge in [0.1, 0.15) is 11.5 Å². The van der Waals surface area contributed by atoms with Crippen molar-refractivity contribution in [2.24, 2.45) is 0 Å².